The lowest BCUT2D eigenvalue weighted by Crippen LogP contribution is -2.35. The summed E-state index contributed by atoms with van der Waals surface area (Å²) in [4.78, 5) is 23.5. The number of piperidine rings is 1. The number of hydrogen-bond acceptors (Lipinski definition) is 5. The quantitative estimate of drug-likeness (QED) is 0.356. The van der Waals surface area contributed by atoms with Crippen molar-refractivity contribution >= 4 is 22.5 Å². The number of aromatic nitrogens is 3. The Morgan fingerprint density at radius 3 is 2.60 bits per heavy atom. The van der Waals surface area contributed by atoms with Crippen LogP contribution in [0.4, 0.5) is 0 Å². The Morgan fingerprint density at radius 1 is 1.03 bits per heavy atom. The fourth-order valence-corrected chi connectivity index (χ4v) is 5.13. The van der Waals surface area contributed by atoms with Crippen molar-refractivity contribution in [1.82, 2.24) is 20.3 Å². The molecule has 6 nitrogen and oxygen atoms in total. The summed E-state index contributed by atoms with van der Waals surface area (Å²) in [6.07, 6.45) is 9.33. The number of halogens is 1. The first-order chi connectivity index (χ1) is 17.0. The maximum atomic E-state index is 11.9. The van der Waals surface area contributed by atoms with Gasteiger partial charge in [-0.2, -0.15) is 0 Å². The summed E-state index contributed by atoms with van der Waals surface area (Å²) >= 11 is 6.61. The topological polar surface area (TPSA) is 79.9 Å². The van der Waals surface area contributed by atoms with Gasteiger partial charge in [-0.3, -0.25) is 14.8 Å². The summed E-state index contributed by atoms with van der Waals surface area (Å²) in [5.41, 5.74) is 6.06. The van der Waals surface area contributed by atoms with Gasteiger partial charge in [0.05, 0.1) is 35.2 Å². The fraction of sp³-hybridized carbons (Fsp3) is 0.321. The predicted molar refractivity (Wildman–Crippen MR) is 141 cm³/mol. The maximum absolute atomic E-state index is 11.9. The molecule has 4 aromatic rings. The lowest BCUT2D eigenvalue weighted by Gasteiger charge is -2.24. The van der Waals surface area contributed by atoms with Gasteiger partial charge in [0.25, 0.3) is 5.56 Å². The van der Waals surface area contributed by atoms with Crippen molar-refractivity contribution in [3.8, 4) is 28.1 Å². The molecule has 0 aliphatic carbocycles. The Bertz CT molecular complexity index is 1410. The van der Waals surface area contributed by atoms with Crippen molar-refractivity contribution in [3.05, 3.63) is 75.4 Å². The second-order valence-electron chi connectivity index (χ2n) is 9.32. The number of H-pyrrole nitrogens is 1. The smallest absolute Gasteiger partial charge is 0.266 e. The fourth-order valence-electron chi connectivity index (χ4n) is 4.87. The summed E-state index contributed by atoms with van der Waals surface area (Å²) in [5, 5.41) is 4.94. The van der Waals surface area contributed by atoms with Crippen molar-refractivity contribution in [3.63, 3.8) is 0 Å². The Hall–Kier alpha value is -3.22. The molecule has 0 radical (unpaired) electrons. The molecule has 1 saturated heterocycles. The van der Waals surface area contributed by atoms with Gasteiger partial charge in [0, 0.05) is 28.8 Å². The number of pyridine rings is 1. The molecule has 1 aliphatic rings. The highest BCUT2D eigenvalue weighted by molar-refractivity contribution is 6.34. The molecule has 1 atom stereocenters. The molecule has 180 valence electrons. The molecule has 0 bridgehead atoms. The normalized spacial score (nSPS) is 15.9. The minimum atomic E-state index is -0.280. The molecular weight excluding hydrogens is 460 g/mol. The number of aryl methyl sites for hydroxylation is 2. The Balaban J connectivity index is 1.62. The van der Waals surface area contributed by atoms with Gasteiger partial charge in [-0.15, -0.1) is 0 Å². The van der Waals surface area contributed by atoms with E-state index in [-0.39, 0.29) is 5.56 Å². The van der Waals surface area contributed by atoms with E-state index in [1.807, 2.05) is 18.3 Å². The van der Waals surface area contributed by atoms with Gasteiger partial charge in [-0.25, -0.2) is 0 Å². The van der Waals surface area contributed by atoms with Crippen LogP contribution in [0.1, 0.15) is 36.8 Å². The van der Waals surface area contributed by atoms with E-state index in [1.165, 1.54) is 36.6 Å². The van der Waals surface area contributed by atoms with Crippen molar-refractivity contribution < 1.29 is 4.74 Å². The molecule has 1 fully saturated rings. The average molecular weight is 489 g/mol. The molecule has 2 aromatic heterocycles. The second-order valence-corrected chi connectivity index (χ2v) is 9.73. The van der Waals surface area contributed by atoms with E-state index in [2.05, 4.69) is 47.3 Å². The van der Waals surface area contributed by atoms with Gasteiger partial charge in [-0.05, 0) is 57.4 Å². The number of rotatable bonds is 6. The van der Waals surface area contributed by atoms with Crippen molar-refractivity contribution in [2.45, 2.75) is 45.6 Å². The standard InChI is InChI=1S/C28H29ClN4O2/c1-17-9-18(2)11-19(10-17)23-14-32-25-13-24(29)21(26-15-30-16-27(34)33-26)12-22(25)28(23)35-8-6-20-5-3-4-7-31-20/h9-16,20,31H,3-8H2,1-2H3,(H,33,34). The molecule has 0 saturated carbocycles. The van der Waals surface area contributed by atoms with E-state index < -0.39 is 0 Å². The Kier molecular flexibility index (Phi) is 6.84. The van der Waals surface area contributed by atoms with Crippen LogP contribution in [-0.2, 0) is 0 Å². The lowest BCUT2D eigenvalue weighted by molar-refractivity contribution is 0.271. The lowest BCUT2D eigenvalue weighted by atomic mass is 9.98. The van der Waals surface area contributed by atoms with Crippen LogP contribution in [0.15, 0.2) is 53.7 Å². The van der Waals surface area contributed by atoms with Gasteiger partial charge in [-0.1, -0.05) is 47.3 Å². The number of fused-ring (bicyclic) bond motifs is 1. The number of nitrogens with one attached hydrogen (secondary N) is 2. The molecule has 2 N–H and O–H groups in total. The van der Waals surface area contributed by atoms with E-state index in [9.17, 15) is 4.79 Å². The first kappa shape index (κ1) is 23.5. The molecule has 3 heterocycles. The summed E-state index contributed by atoms with van der Waals surface area (Å²) in [7, 11) is 0. The first-order valence-electron chi connectivity index (χ1n) is 12.1. The van der Waals surface area contributed by atoms with Crippen LogP contribution >= 0.6 is 11.6 Å². The minimum Gasteiger partial charge on any atom is -0.492 e. The number of aromatic amines is 1. The van der Waals surface area contributed by atoms with Crippen LogP contribution in [0, 0.1) is 13.8 Å². The highest BCUT2D eigenvalue weighted by atomic mass is 35.5. The van der Waals surface area contributed by atoms with Gasteiger partial charge in [0.2, 0.25) is 0 Å². The maximum Gasteiger partial charge on any atom is 0.266 e. The van der Waals surface area contributed by atoms with Crippen LogP contribution < -0.4 is 15.6 Å². The third-order valence-corrected chi connectivity index (χ3v) is 6.82. The zero-order valence-corrected chi connectivity index (χ0v) is 20.8. The van der Waals surface area contributed by atoms with E-state index in [0.29, 0.717) is 28.9 Å². The highest BCUT2D eigenvalue weighted by Crippen LogP contribution is 2.40. The highest BCUT2D eigenvalue weighted by Gasteiger charge is 2.18. The van der Waals surface area contributed by atoms with Crippen LogP contribution in [0.5, 0.6) is 5.75 Å². The van der Waals surface area contributed by atoms with Crippen LogP contribution in [0.2, 0.25) is 5.02 Å². The van der Waals surface area contributed by atoms with Gasteiger partial charge in [0.1, 0.15) is 5.75 Å². The van der Waals surface area contributed by atoms with E-state index in [0.717, 1.165) is 40.7 Å². The molecule has 1 unspecified atom stereocenters. The zero-order chi connectivity index (χ0) is 24.4. The number of nitrogens with zero attached hydrogens (tertiary/aromatic N) is 2. The van der Waals surface area contributed by atoms with Gasteiger partial charge < -0.3 is 15.0 Å². The molecule has 2 aromatic carbocycles. The Morgan fingerprint density at radius 2 is 1.86 bits per heavy atom. The SMILES string of the molecule is Cc1cc(C)cc(-c2cnc3cc(Cl)c(-c4cncc(=O)[nH]4)cc3c2OCCC2CCCCN2)c1. The molecule has 5 rings (SSSR count). The van der Waals surface area contributed by atoms with E-state index >= 15 is 0 Å². The zero-order valence-electron chi connectivity index (χ0n) is 20.0. The summed E-state index contributed by atoms with van der Waals surface area (Å²) < 4.78 is 6.53. The predicted octanol–water partition coefficient (Wildman–Crippen LogP) is 5.83. The molecule has 35 heavy (non-hydrogen) atoms. The van der Waals surface area contributed by atoms with Crippen molar-refractivity contribution in [2.24, 2.45) is 0 Å². The molecule has 0 amide bonds. The molecule has 1 aliphatic heterocycles. The van der Waals surface area contributed by atoms with Gasteiger partial charge >= 0.3 is 0 Å². The van der Waals surface area contributed by atoms with Crippen LogP contribution in [-0.4, -0.2) is 34.1 Å². The Labute approximate surface area is 209 Å². The number of benzene rings is 2. The second kappa shape index (κ2) is 10.2. The third-order valence-electron chi connectivity index (χ3n) is 6.51. The third kappa shape index (κ3) is 5.24. The molecular formula is C28H29ClN4O2. The average Bonchev–Trinajstić information content (AvgIpc) is 2.83. The van der Waals surface area contributed by atoms with E-state index in [1.54, 1.807) is 6.20 Å². The monoisotopic (exact) mass is 488 g/mol. The number of ether oxygens (including phenoxy) is 1. The molecule has 7 heteroatoms. The summed E-state index contributed by atoms with van der Waals surface area (Å²) in [5.74, 6) is 0.778. The molecule has 0 spiro atoms. The number of hydrogen-bond donors (Lipinski definition) is 2. The minimum absolute atomic E-state index is 0.280. The van der Waals surface area contributed by atoms with Gasteiger partial charge in [0.15, 0.2) is 0 Å². The van der Waals surface area contributed by atoms with E-state index in [4.69, 9.17) is 21.3 Å². The first-order valence-corrected chi connectivity index (χ1v) is 12.5. The van der Waals surface area contributed by atoms with Crippen molar-refractivity contribution in [2.75, 3.05) is 13.2 Å². The van der Waals surface area contributed by atoms with Crippen LogP contribution in [0.25, 0.3) is 33.3 Å². The van der Waals surface area contributed by atoms with Crippen molar-refractivity contribution in [1.29, 1.82) is 0 Å². The summed E-state index contributed by atoms with van der Waals surface area (Å²) in [6, 6.07) is 10.7. The largest absolute Gasteiger partial charge is 0.492 e. The summed E-state index contributed by atoms with van der Waals surface area (Å²) in [6.45, 7) is 5.85. The van der Waals surface area contributed by atoms with Crippen LogP contribution in [0.3, 0.4) is 0 Å².